The van der Waals surface area contributed by atoms with Crippen LogP contribution in [0.1, 0.15) is 26.7 Å². The fourth-order valence-corrected chi connectivity index (χ4v) is 0.620. The summed E-state index contributed by atoms with van der Waals surface area (Å²) in [6.07, 6.45) is 1.36. The molecule has 0 aliphatic rings. The third kappa shape index (κ3) is 9.88. The van der Waals surface area contributed by atoms with Crippen molar-refractivity contribution in [2.45, 2.75) is 26.7 Å². The van der Waals surface area contributed by atoms with Crippen LogP contribution < -0.4 is 0 Å². The van der Waals surface area contributed by atoms with Crippen molar-refractivity contribution in [1.29, 1.82) is 0 Å². The molecule has 0 aromatic rings. The summed E-state index contributed by atoms with van der Waals surface area (Å²) < 4.78 is 0. The van der Waals surface area contributed by atoms with Gasteiger partial charge in [-0.3, -0.25) is 0 Å². The standard InChI is InChI=1S/C6H14O3.C2H6/c7-3-1-2-6(4-8)5-9;1-2/h6-9H,1-5H2;1-2H3. The van der Waals surface area contributed by atoms with Crippen molar-refractivity contribution < 1.29 is 15.3 Å². The third-order valence-electron chi connectivity index (χ3n) is 1.29. The Kier molecular flexibility index (Phi) is 15.4. The SMILES string of the molecule is CC.OCCCC(CO)CO. The molecule has 0 amide bonds. The smallest absolute Gasteiger partial charge is 0.0481 e. The van der Waals surface area contributed by atoms with Gasteiger partial charge in [0.1, 0.15) is 0 Å². The minimum atomic E-state index is -0.0443. The normalized spacial score (nSPS) is 9.27. The van der Waals surface area contributed by atoms with Crippen molar-refractivity contribution in [2.75, 3.05) is 19.8 Å². The minimum absolute atomic E-state index is 0.0104. The molecule has 0 fully saturated rings. The van der Waals surface area contributed by atoms with E-state index in [-0.39, 0.29) is 25.7 Å². The van der Waals surface area contributed by atoms with Crippen LogP contribution in [0.5, 0.6) is 0 Å². The average Bonchev–Trinajstić information content (AvgIpc) is 2.10. The molecule has 0 radical (unpaired) electrons. The van der Waals surface area contributed by atoms with Gasteiger partial charge in [-0.05, 0) is 12.8 Å². The lowest BCUT2D eigenvalue weighted by molar-refractivity contribution is 0.136. The summed E-state index contributed by atoms with van der Waals surface area (Å²) in [7, 11) is 0. The van der Waals surface area contributed by atoms with Crippen LogP contribution in [0.4, 0.5) is 0 Å². The molecule has 70 valence electrons. The van der Waals surface area contributed by atoms with E-state index in [4.69, 9.17) is 15.3 Å². The summed E-state index contributed by atoms with van der Waals surface area (Å²) in [5.74, 6) is -0.0443. The molecule has 0 heterocycles. The summed E-state index contributed by atoms with van der Waals surface area (Å²) in [5, 5.41) is 25.4. The van der Waals surface area contributed by atoms with E-state index >= 15 is 0 Å². The Balaban J connectivity index is 0. The van der Waals surface area contributed by atoms with Gasteiger partial charge in [-0.15, -0.1) is 0 Å². The molecule has 3 nitrogen and oxygen atoms in total. The van der Waals surface area contributed by atoms with Crippen LogP contribution in [-0.4, -0.2) is 35.1 Å². The predicted octanol–water partition coefficient (Wildman–Crippen LogP) is 0.386. The van der Waals surface area contributed by atoms with Crippen LogP contribution in [-0.2, 0) is 0 Å². The van der Waals surface area contributed by atoms with Crippen LogP contribution in [0.3, 0.4) is 0 Å². The summed E-state index contributed by atoms with van der Waals surface area (Å²) in [6, 6.07) is 0. The molecule has 0 saturated carbocycles. The van der Waals surface area contributed by atoms with Crippen molar-refractivity contribution in [3.05, 3.63) is 0 Å². The summed E-state index contributed by atoms with van der Waals surface area (Å²) in [6.45, 7) is 4.16. The highest BCUT2D eigenvalue weighted by Gasteiger charge is 2.03. The van der Waals surface area contributed by atoms with E-state index in [1.165, 1.54) is 0 Å². The number of aliphatic hydroxyl groups is 3. The Bertz CT molecular complexity index is 53.3. The Morgan fingerprint density at radius 1 is 1.00 bits per heavy atom. The highest BCUT2D eigenvalue weighted by molar-refractivity contribution is 4.53. The van der Waals surface area contributed by atoms with Gasteiger partial charge in [0, 0.05) is 25.7 Å². The molecule has 11 heavy (non-hydrogen) atoms. The number of hydrogen-bond donors (Lipinski definition) is 3. The van der Waals surface area contributed by atoms with Gasteiger partial charge >= 0.3 is 0 Å². The third-order valence-corrected chi connectivity index (χ3v) is 1.29. The molecular weight excluding hydrogens is 144 g/mol. The first-order chi connectivity index (χ1) is 5.35. The van der Waals surface area contributed by atoms with Gasteiger partial charge in [-0.1, -0.05) is 13.8 Å². The zero-order chi connectivity index (χ0) is 9.11. The maximum absolute atomic E-state index is 8.51. The molecule has 0 aromatic carbocycles. The van der Waals surface area contributed by atoms with Crippen LogP contribution >= 0.6 is 0 Å². The fraction of sp³-hybridized carbons (Fsp3) is 1.00. The molecule has 0 unspecified atom stereocenters. The van der Waals surface area contributed by atoms with Gasteiger partial charge in [0.15, 0.2) is 0 Å². The summed E-state index contributed by atoms with van der Waals surface area (Å²) >= 11 is 0. The molecule has 0 bridgehead atoms. The molecule has 0 spiro atoms. The van der Waals surface area contributed by atoms with E-state index in [1.54, 1.807) is 0 Å². The first-order valence-electron chi connectivity index (χ1n) is 4.17. The van der Waals surface area contributed by atoms with Gasteiger partial charge in [0.2, 0.25) is 0 Å². The van der Waals surface area contributed by atoms with E-state index in [0.717, 1.165) is 0 Å². The predicted molar refractivity (Wildman–Crippen MR) is 45.3 cm³/mol. The Morgan fingerprint density at radius 2 is 1.45 bits per heavy atom. The quantitative estimate of drug-likeness (QED) is 0.550. The molecule has 0 aliphatic carbocycles. The van der Waals surface area contributed by atoms with Crippen LogP contribution in [0, 0.1) is 5.92 Å². The van der Waals surface area contributed by atoms with E-state index < -0.39 is 0 Å². The molecule has 0 aromatic heterocycles. The second-order valence-electron chi connectivity index (χ2n) is 2.10. The van der Waals surface area contributed by atoms with Crippen LogP contribution in [0.25, 0.3) is 0 Å². The van der Waals surface area contributed by atoms with Gasteiger partial charge in [0.05, 0.1) is 0 Å². The number of rotatable bonds is 5. The van der Waals surface area contributed by atoms with Gasteiger partial charge in [0.25, 0.3) is 0 Å². The van der Waals surface area contributed by atoms with Crippen molar-refractivity contribution in [1.82, 2.24) is 0 Å². The highest BCUT2D eigenvalue weighted by Crippen LogP contribution is 2.02. The Hall–Kier alpha value is -0.120. The number of hydrogen-bond acceptors (Lipinski definition) is 3. The number of aliphatic hydroxyl groups excluding tert-OH is 3. The first-order valence-corrected chi connectivity index (χ1v) is 4.17. The zero-order valence-corrected chi connectivity index (χ0v) is 7.45. The second kappa shape index (κ2) is 12.5. The van der Waals surface area contributed by atoms with E-state index in [1.807, 2.05) is 13.8 Å². The summed E-state index contributed by atoms with van der Waals surface area (Å²) in [4.78, 5) is 0. The Morgan fingerprint density at radius 3 is 1.73 bits per heavy atom. The van der Waals surface area contributed by atoms with Gasteiger partial charge in [-0.2, -0.15) is 0 Å². The maximum atomic E-state index is 8.51. The van der Waals surface area contributed by atoms with E-state index in [9.17, 15) is 0 Å². The molecular formula is C8H20O3. The van der Waals surface area contributed by atoms with Crippen LogP contribution in [0.15, 0.2) is 0 Å². The monoisotopic (exact) mass is 164 g/mol. The molecule has 3 N–H and O–H groups in total. The molecule has 0 rings (SSSR count). The zero-order valence-electron chi connectivity index (χ0n) is 7.45. The fourth-order valence-electron chi connectivity index (χ4n) is 0.620. The molecule has 0 atom stereocenters. The Labute approximate surface area is 68.7 Å². The average molecular weight is 164 g/mol. The maximum Gasteiger partial charge on any atom is 0.0481 e. The van der Waals surface area contributed by atoms with Crippen molar-refractivity contribution in [3.63, 3.8) is 0 Å². The van der Waals surface area contributed by atoms with Gasteiger partial charge in [-0.25, -0.2) is 0 Å². The van der Waals surface area contributed by atoms with Crippen molar-refractivity contribution >= 4 is 0 Å². The largest absolute Gasteiger partial charge is 0.396 e. The van der Waals surface area contributed by atoms with Crippen molar-refractivity contribution in [2.24, 2.45) is 5.92 Å². The first kappa shape index (κ1) is 13.5. The lowest BCUT2D eigenvalue weighted by atomic mass is 10.1. The minimum Gasteiger partial charge on any atom is -0.396 e. The molecule has 0 saturated heterocycles. The van der Waals surface area contributed by atoms with E-state index in [0.29, 0.717) is 12.8 Å². The van der Waals surface area contributed by atoms with Gasteiger partial charge < -0.3 is 15.3 Å². The lowest BCUT2D eigenvalue weighted by Crippen LogP contribution is -2.11. The van der Waals surface area contributed by atoms with E-state index in [2.05, 4.69) is 0 Å². The highest BCUT2D eigenvalue weighted by atomic mass is 16.3. The topological polar surface area (TPSA) is 60.7 Å². The second-order valence-corrected chi connectivity index (χ2v) is 2.10. The summed E-state index contributed by atoms with van der Waals surface area (Å²) in [5.41, 5.74) is 0. The molecule has 0 aliphatic heterocycles. The van der Waals surface area contributed by atoms with Crippen molar-refractivity contribution in [3.8, 4) is 0 Å². The lowest BCUT2D eigenvalue weighted by Gasteiger charge is -2.07. The van der Waals surface area contributed by atoms with Crippen LogP contribution in [0.2, 0.25) is 0 Å². The molecule has 3 heteroatoms.